The normalized spacial score (nSPS) is 22.2. The van der Waals surface area contributed by atoms with Crippen molar-refractivity contribution in [2.75, 3.05) is 13.1 Å². The van der Waals surface area contributed by atoms with Crippen molar-refractivity contribution in [1.29, 1.82) is 0 Å². The van der Waals surface area contributed by atoms with Gasteiger partial charge in [-0.2, -0.15) is 0 Å². The van der Waals surface area contributed by atoms with Crippen molar-refractivity contribution in [3.63, 3.8) is 0 Å². The zero-order valence-corrected chi connectivity index (χ0v) is 12.8. The number of hydrogen-bond acceptors (Lipinski definition) is 3. The number of aromatic carboxylic acids is 1. The second-order valence-electron chi connectivity index (χ2n) is 5.72. The number of morpholine rings is 1. The van der Waals surface area contributed by atoms with E-state index in [1.54, 1.807) is 30.9 Å². The summed E-state index contributed by atoms with van der Waals surface area (Å²) in [6.45, 7) is 8.27. The lowest BCUT2D eigenvalue weighted by atomic mass is 9.95. The molecule has 2 unspecified atom stereocenters. The minimum absolute atomic E-state index is 0.0453. The van der Waals surface area contributed by atoms with Crippen molar-refractivity contribution in [1.82, 2.24) is 4.90 Å². The van der Waals surface area contributed by atoms with Crippen LogP contribution in [0.5, 0.6) is 0 Å². The molecule has 0 aliphatic carbocycles. The summed E-state index contributed by atoms with van der Waals surface area (Å²) in [5.41, 5.74) is 1.69. The molecule has 0 radical (unpaired) electrons. The van der Waals surface area contributed by atoms with Crippen molar-refractivity contribution < 1.29 is 19.4 Å². The van der Waals surface area contributed by atoms with Crippen LogP contribution >= 0.6 is 0 Å². The number of aryl methyl sites for hydroxylation is 2. The number of nitrogens with zero attached hydrogens (tertiary/aromatic N) is 1. The number of carboxylic acids is 1. The molecule has 0 spiro atoms. The van der Waals surface area contributed by atoms with Gasteiger partial charge >= 0.3 is 5.97 Å². The molecule has 0 saturated carbocycles. The number of carbonyl (C=O) groups is 2. The Balaban J connectivity index is 2.43. The van der Waals surface area contributed by atoms with Crippen LogP contribution in [0.4, 0.5) is 0 Å². The van der Waals surface area contributed by atoms with Crippen molar-refractivity contribution >= 4 is 11.9 Å². The van der Waals surface area contributed by atoms with E-state index in [1.165, 1.54) is 0 Å². The topological polar surface area (TPSA) is 66.8 Å². The van der Waals surface area contributed by atoms with Gasteiger partial charge in [-0.05, 0) is 38.8 Å². The highest BCUT2D eigenvalue weighted by Gasteiger charge is 2.30. The summed E-state index contributed by atoms with van der Waals surface area (Å²) in [6.07, 6.45) is -0.0906. The van der Waals surface area contributed by atoms with Gasteiger partial charge in [-0.3, -0.25) is 4.79 Å². The van der Waals surface area contributed by atoms with Gasteiger partial charge in [-0.25, -0.2) is 4.79 Å². The first-order valence-electron chi connectivity index (χ1n) is 7.09. The standard InChI is InChI=1S/C16H21NO4/c1-9-5-6-10(2)14(16(19)20)13(9)15(18)17-7-11(3)21-12(4)8-17/h5-6,11-12H,7-8H2,1-4H3,(H,19,20). The first-order valence-corrected chi connectivity index (χ1v) is 7.09. The smallest absolute Gasteiger partial charge is 0.336 e. The molecule has 1 aromatic carbocycles. The lowest BCUT2D eigenvalue weighted by molar-refractivity contribution is -0.0586. The second-order valence-corrected chi connectivity index (χ2v) is 5.72. The largest absolute Gasteiger partial charge is 0.478 e. The molecule has 1 heterocycles. The van der Waals surface area contributed by atoms with Crippen LogP contribution in [0.3, 0.4) is 0 Å². The molecule has 1 N–H and O–H groups in total. The van der Waals surface area contributed by atoms with Gasteiger partial charge in [-0.1, -0.05) is 12.1 Å². The number of carbonyl (C=O) groups excluding carboxylic acids is 1. The third-order valence-corrected chi connectivity index (χ3v) is 3.76. The zero-order valence-electron chi connectivity index (χ0n) is 12.8. The number of rotatable bonds is 2. The quantitative estimate of drug-likeness (QED) is 0.907. The van der Waals surface area contributed by atoms with Gasteiger partial charge in [-0.15, -0.1) is 0 Å². The Labute approximate surface area is 124 Å². The maximum Gasteiger partial charge on any atom is 0.336 e. The minimum atomic E-state index is -1.06. The van der Waals surface area contributed by atoms with Crippen LogP contribution in [0, 0.1) is 13.8 Å². The van der Waals surface area contributed by atoms with E-state index in [9.17, 15) is 14.7 Å². The average molecular weight is 291 g/mol. The van der Waals surface area contributed by atoms with E-state index >= 15 is 0 Å². The minimum Gasteiger partial charge on any atom is -0.478 e. The molecule has 1 saturated heterocycles. The molecule has 0 aromatic heterocycles. The van der Waals surface area contributed by atoms with Gasteiger partial charge in [0, 0.05) is 13.1 Å². The fourth-order valence-corrected chi connectivity index (χ4v) is 2.86. The number of hydrogen-bond donors (Lipinski definition) is 1. The van der Waals surface area contributed by atoms with Gasteiger partial charge in [0.15, 0.2) is 0 Å². The van der Waals surface area contributed by atoms with E-state index in [0.29, 0.717) is 29.8 Å². The van der Waals surface area contributed by atoms with Crippen LogP contribution in [-0.2, 0) is 4.74 Å². The molecule has 1 amide bonds. The average Bonchev–Trinajstić information content (AvgIpc) is 2.38. The van der Waals surface area contributed by atoms with Crippen molar-refractivity contribution in [2.45, 2.75) is 39.9 Å². The first kappa shape index (κ1) is 15.5. The van der Waals surface area contributed by atoms with Crippen molar-refractivity contribution in [3.8, 4) is 0 Å². The van der Waals surface area contributed by atoms with E-state index in [1.807, 2.05) is 13.8 Å². The van der Waals surface area contributed by atoms with Crippen LogP contribution in [0.1, 0.15) is 45.7 Å². The molecule has 5 heteroatoms. The van der Waals surface area contributed by atoms with Gasteiger partial charge in [0.2, 0.25) is 0 Å². The molecule has 21 heavy (non-hydrogen) atoms. The fraction of sp³-hybridized carbons (Fsp3) is 0.500. The number of benzene rings is 1. The summed E-state index contributed by atoms with van der Waals surface area (Å²) >= 11 is 0. The summed E-state index contributed by atoms with van der Waals surface area (Å²) in [6, 6.07) is 3.53. The van der Waals surface area contributed by atoms with Crippen LogP contribution < -0.4 is 0 Å². The van der Waals surface area contributed by atoms with Crippen LogP contribution in [0.15, 0.2) is 12.1 Å². The molecular weight excluding hydrogens is 270 g/mol. The SMILES string of the molecule is Cc1ccc(C)c(C(=O)N2CC(C)OC(C)C2)c1C(=O)O. The molecule has 0 bridgehead atoms. The second kappa shape index (κ2) is 5.85. The third-order valence-electron chi connectivity index (χ3n) is 3.76. The molecule has 2 rings (SSSR count). The zero-order chi connectivity index (χ0) is 15.7. The maximum absolute atomic E-state index is 12.8. The molecular formula is C16H21NO4. The molecule has 1 aliphatic rings. The predicted octanol–water partition coefficient (Wildman–Crippen LogP) is 2.25. The molecule has 5 nitrogen and oxygen atoms in total. The number of ether oxygens (including phenoxy) is 1. The Morgan fingerprint density at radius 2 is 1.57 bits per heavy atom. The Bertz CT molecular complexity index is 572. The van der Waals surface area contributed by atoms with Gasteiger partial charge in [0.1, 0.15) is 0 Å². The maximum atomic E-state index is 12.8. The van der Waals surface area contributed by atoms with E-state index in [0.717, 1.165) is 0 Å². The van der Waals surface area contributed by atoms with E-state index in [-0.39, 0.29) is 23.7 Å². The first-order chi connectivity index (χ1) is 9.81. The van der Waals surface area contributed by atoms with Gasteiger partial charge in [0.05, 0.1) is 23.3 Å². The van der Waals surface area contributed by atoms with Gasteiger partial charge < -0.3 is 14.7 Å². The lowest BCUT2D eigenvalue weighted by Gasteiger charge is -2.35. The highest BCUT2D eigenvalue weighted by atomic mass is 16.5. The summed E-state index contributed by atoms with van der Waals surface area (Å²) in [5, 5.41) is 9.43. The summed E-state index contributed by atoms with van der Waals surface area (Å²) < 4.78 is 5.62. The monoisotopic (exact) mass is 291 g/mol. The van der Waals surface area contributed by atoms with Crippen molar-refractivity contribution in [2.24, 2.45) is 0 Å². The highest BCUT2D eigenvalue weighted by molar-refractivity contribution is 6.06. The molecule has 1 aromatic rings. The number of amides is 1. The number of carboxylic acid groups (broad SMARTS) is 1. The van der Waals surface area contributed by atoms with E-state index < -0.39 is 5.97 Å². The molecule has 1 aliphatic heterocycles. The molecule has 114 valence electrons. The summed E-state index contributed by atoms with van der Waals surface area (Å²) in [4.78, 5) is 26.0. The Morgan fingerprint density at radius 3 is 2.05 bits per heavy atom. The van der Waals surface area contributed by atoms with Crippen LogP contribution in [-0.4, -0.2) is 47.2 Å². The Kier molecular flexibility index (Phi) is 4.32. The van der Waals surface area contributed by atoms with Crippen molar-refractivity contribution in [3.05, 3.63) is 34.4 Å². The van der Waals surface area contributed by atoms with E-state index in [2.05, 4.69) is 0 Å². The lowest BCUT2D eigenvalue weighted by Crippen LogP contribution is -2.48. The van der Waals surface area contributed by atoms with E-state index in [4.69, 9.17) is 4.74 Å². The molecule has 2 atom stereocenters. The van der Waals surface area contributed by atoms with Crippen LogP contribution in [0.25, 0.3) is 0 Å². The fourth-order valence-electron chi connectivity index (χ4n) is 2.86. The summed E-state index contributed by atoms with van der Waals surface area (Å²) in [5.74, 6) is -1.29. The predicted molar refractivity (Wildman–Crippen MR) is 78.8 cm³/mol. The van der Waals surface area contributed by atoms with Crippen LogP contribution in [0.2, 0.25) is 0 Å². The third kappa shape index (κ3) is 3.08. The Hall–Kier alpha value is -1.88. The van der Waals surface area contributed by atoms with Gasteiger partial charge in [0.25, 0.3) is 5.91 Å². The summed E-state index contributed by atoms with van der Waals surface area (Å²) in [7, 11) is 0. The highest BCUT2D eigenvalue weighted by Crippen LogP contribution is 2.22. The molecule has 1 fully saturated rings. The Morgan fingerprint density at radius 1 is 1.10 bits per heavy atom.